The van der Waals surface area contributed by atoms with Crippen LogP contribution in [0, 0.1) is 0 Å². The Morgan fingerprint density at radius 1 is 1.05 bits per heavy atom. The molecule has 0 saturated heterocycles. The van der Waals surface area contributed by atoms with Gasteiger partial charge in [0, 0.05) is 5.69 Å². The van der Waals surface area contributed by atoms with Crippen molar-refractivity contribution in [2.45, 2.75) is 13.0 Å². The first kappa shape index (κ1) is 13.1. The number of anilines is 2. The van der Waals surface area contributed by atoms with Gasteiger partial charge in [-0.2, -0.15) is 4.68 Å². The van der Waals surface area contributed by atoms with E-state index in [1.54, 1.807) is 4.68 Å². The van der Waals surface area contributed by atoms with Crippen molar-refractivity contribution in [2.24, 2.45) is 0 Å². The molecule has 0 fully saturated rings. The summed E-state index contributed by atoms with van der Waals surface area (Å²) in [5.74, 6) is 0.602. The van der Waals surface area contributed by atoms with E-state index in [0.29, 0.717) is 5.95 Å². The zero-order chi connectivity index (χ0) is 14.7. The Morgan fingerprint density at radius 3 is 2.48 bits per heavy atom. The molecular weight excluding hydrogens is 264 g/mol. The van der Waals surface area contributed by atoms with Crippen molar-refractivity contribution in [3.05, 3.63) is 60.2 Å². The van der Waals surface area contributed by atoms with Gasteiger partial charge < -0.3 is 11.1 Å². The highest BCUT2D eigenvalue weighted by Crippen LogP contribution is 2.20. The van der Waals surface area contributed by atoms with E-state index in [9.17, 15) is 0 Å². The average Bonchev–Trinajstić information content (AvgIpc) is 2.97. The molecule has 6 nitrogen and oxygen atoms in total. The smallest absolute Gasteiger partial charge is 0.248 e. The van der Waals surface area contributed by atoms with Gasteiger partial charge in [-0.1, -0.05) is 35.4 Å². The number of nitrogens with two attached hydrogens (primary N) is 1. The molecule has 2 aromatic carbocycles. The predicted molar refractivity (Wildman–Crippen MR) is 82.0 cm³/mol. The molecule has 1 aromatic heterocycles. The molecule has 3 aromatic rings. The molecule has 106 valence electrons. The van der Waals surface area contributed by atoms with Crippen LogP contribution in [0.5, 0.6) is 0 Å². The maximum atomic E-state index is 5.71. The first-order valence-corrected chi connectivity index (χ1v) is 6.70. The van der Waals surface area contributed by atoms with Gasteiger partial charge in [0.15, 0.2) is 0 Å². The van der Waals surface area contributed by atoms with E-state index in [-0.39, 0.29) is 6.04 Å². The van der Waals surface area contributed by atoms with Crippen LogP contribution in [-0.4, -0.2) is 20.2 Å². The van der Waals surface area contributed by atoms with Gasteiger partial charge in [-0.3, -0.25) is 0 Å². The van der Waals surface area contributed by atoms with E-state index >= 15 is 0 Å². The van der Waals surface area contributed by atoms with E-state index in [4.69, 9.17) is 5.73 Å². The largest absolute Gasteiger partial charge is 0.399 e. The van der Waals surface area contributed by atoms with Crippen molar-refractivity contribution in [1.82, 2.24) is 20.2 Å². The van der Waals surface area contributed by atoms with E-state index in [2.05, 4.69) is 27.8 Å². The molecule has 0 amide bonds. The Kier molecular flexibility index (Phi) is 3.51. The molecule has 0 aliphatic carbocycles. The Morgan fingerprint density at radius 2 is 1.76 bits per heavy atom. The van der Waals surface area contributed by atoms with Crippen LogP contribution in [-0.2, 0) is 0 Å². The first-order chi connectivity index (χ1) is 10.2. The van der Waals surface area contributed by atoms with Crippen LogP contribution in [0.2, 0.25) is 0 Å². The lowest BCUT2D eigenvalue weighted by atomic mass is 10.1. The van der Waals surface area contributed by atoms with Crippen LogP contribution in [0.4, 0.5) is 11.6 Å². The predicted octanol–water partition coefficient (Wildman–Crippen LogP) is 2.42. The third-order valence-corrected chi connectivity index (χ3v) is 3.25. The third-order valence-electron chi connectivity index (χ3n) is 3.25. The highest BCUT2D eigenvalue weighted by molar-refractivity contribution is 5.43. The standard InChI is InChI=1S/C15H16N6/c1-11(12-7-9-13(16)10-8-12)17-15-18-19-20-21(15)14-5-3-2-4-6-14/h2-11H,16H2,1H3,(H,17,18,20). The lowest BCUT2D eigenvalue weighted by molar-refractivity contribution is 0.780. The summed E-state index contributed by atoms with van der Waals surface area (Å²) in [7, 11) is 0. The molecule has 0 spiro atoms. The number of benzene rings is 2. The van der Waals surface area contributed by atoms with Crippen LogP contribution in [0.25, 0.3) is 5.69 Å². The van der Waals surface area contributed by atoms with Crippen LogP contribution >= 0.6 is 0 Å². The second-order valence-electron chi connectivity index (χ2n) is 4.78. The van der Waals surface area contributed by atoms with Crippen molar-refractivity contribution in [2.75, 3.05) is 11.1 Å². The molecule has 3 N–H and O–H groups in total. The van der Waals surface area contributed by atoms with Gasteiger partial charge in [-0.25, -0.2) is 0 Å². The molecule has 21 heavy (non-hydrogen) atoms. The van der Waals surface area contributed by atoms with Crippen molar-refractivity contribution < 1.29 is 0 Å². The van der Waals surface area contributed by atoms with Gasteiger partial charge in [-0.05, 0) is 47.2 Å². The van der Waals surface area contributed by atoms with Gasteiger partial charge in [0.2, 0.25) is 5.95 Å². The van der Waals surface area contributed by atoms with Gasteiger partial charge in [-0.15, -0.1) is 0 Å². The lowest BCUT2D eigenvalue weighted by Crippen LogP contribution is -2.11. The summed E-state index contributed by atoms with van der Waals surface area (Å²) in [4.78, 5) is 0. The Bertz CT molecular complexity index is 705. The molecular formula is C15H16N6. The highest BCUT2D eigenvalue weighted by atomic mass is 15.6. The average molecular weight is 280 g/mol. The van der Waals surface area contributed by atoms with E-state index < -0.39 is 0 Å². The Labute approximate surface area is 122 Å². The van der Waals surface area contributed by atoms with Gasteiger partial charge >= 0.3 is 0 Å². The minimum absolute atomic E-state index is 0.0686. The summed E-state index contributed by atoms with van der Waals surface area (Å²) >= 11 is 0. The number of nitrogens with zero attached hydrogens (tertiary/aromatic N) is 4. The zero-order valence-corrected chi connectivity index (χ0v) is 11.6. The molecule has 0 aliphatic rings. The fourth-order valence-corrected chi connectivity index (χ4v) is 2.08. The Hall–Kier alpha value is -2.89. The quantitative estimate of drug-likeness (QED) is 0.717. The summed E-state index contributed by atoms with van der Waals surface area (Å²) in [5, 5.41) is 15.1. The second kappa shape index (κ2) is 5.62. The van der Waals surface area contributed by atoms with Gasteiger partial charge in [0.1, 0.15) is 0 Å². The number of aromatic nitrogens is 4. The molecule has 0 aliphatic heterocycles. The molecule has 0 bridgehead atoms. The minimum atomic E-state index is 0.0686. The van der Waals surface area contributed by atoms with Crippen LogP contribution in [0.1, 0.15) is 18.5 Å². The van der Waals surface area contributed by atoms with E-state index in [1.165, 1.54) is 0 Å². The number of rotatable bonds is 4. The monoisotopic (exact) mass is 280 g/mol. The van der Waals surface area contributed by atoms with Gasteiger partial charge in [0.05, 0.1) is 11.7 Å². The van der Waals surface area contributed by atoms with Crippen molar-refractivity contribution in [3.8, 4) is 5.69 Å². The molecule has 0 saturated carbocycles. The molecule has 3 rings (SSSR count). The normalized spacial score (nSPS) is 12.0. The number of hydrogen-bond donors (Lipinski definition) is 2. The lowest BCUT2D eigenvalue weighted by Gasteiger charge is -2.15. The van der Waals surface area contributed by atoms with E-state index in [1.807, 2.05) is 54.6 Å². The summed E-state index contributed by atoms with van der Waals surface area (Å²) < 4.78 is 1.67. The fraction of sp³-hybridized carbons (Fsp3) is 0.133. The highest BCUT2D eigenvalue weighted by Gasteiger charge is 2.12. The molecule has 1 atom stereocenters. The maximum absolute atomic E-state index is 5.71. The van der Waals surface area contributed by atoms with Crippen molar-refractivity contribution >= 4 is 11.6 Å². The fourth-order valence-electron chi connectivity index (χ4n) is 2.08. The summed E-state index contributed by atoms with van der Waals surface area (Å²) in [6, 6.07) is 17.6. The van der Waals surface area contributed by atoms with Crippen LogP contribution < -0.4 is 11.1 Å². The van der Waals surface area contributed by atoms with Crippen LogP contribution in [0.15, 0.2) is 54.6 Å². The first-order valence-electron chi connectivity index (χ1n) is 6.70. The zero-order valence-electron chi connectivity index (χ0n) is 11.6. The molecule has 0 radical (unpaired) electrons. The number of tetrazole rings is 1. The number of nitrogens with one attached hydrogen (secondary N) is 1. The minimum Gasteiger partial charge on any atom is -0.399 e. The van der Waals surface area contributed by atoms with Crippen LogP contribution in [0.3, 0.4) is 0 Å². The SMILES string of the molecule is CC(Nc1nnnn1-c1ccccc1)c1ccc(N)cc1. The third kappa shape index (κ3) is 2.84. The Balaban J connectivity index is 1.83. The second-order valence-corrected chi connectivity index (χ2v) is 4.78. The van der Waals surface area contributed by atoms with Crippen molar-refractivity contribution in [1.29, 1.82) is 0 Å². The molecule has 1 heterocycles. The summed E-state index contributed by atoms with van der Waals surface area (Å²) in [5.41, 5.74) is 8.49. The molecule has 6 heteroatoms. The maximum Gasteiger partial charge on any atom is 0.248 e. The van der Waals surface area contributed by atoms with E-state index in [0.717, 1.165) is 16.9 Å². The number of nitrogen functional groups attached to an aromatic ring is 1. The number of para-hydroxylation sites is 1. The number of hydrogen-bond acceptors (Lipinski definition) is 5. The topological polar surface area (TPSA) is 81.7 Å². The molecule has 1 unspecified atom stereocenters. The van der Waals surface area contributed by atoms with Crippen molar-refractivity contribution in [3.63, 3.8) is 0 Å². The van der Waals surface area contributed by atoms with Gasteiger partial charge in [0.25, 0.3) is 0 Å². The summed E-state index contributed by atoms with van der Waals surface area (Å²) in [6.07, 6.45) is 0. The summed E-state index contributed by atoms with van der Waals surface area (Å²) in [6.45, 7) is 2.05.